The average Bonchev–Trinajstić information content (AvgIpc) is 2.05. The number of nitrogens with zero attached hydrogens (tertiary/aromatic N) is 2. The molecule has 0 bridgehead atoms. The SMILES string of the molecule is COC1=C(Br)N(OC)NN=C1. The van der Waals surface area contributed by atoms with Gasteiger partial charge in [-0.3, -0.25) is 4.84 Å². The van der Waals surface area contributed by atoms with E-state index in [4.69, 9.17) is 9.57 Å². The van der Waals surface area contributed by atoms with Gasteiger partial charge in [-0.2, -0.15) is 10.6 Å². The van der Waals surface area contributed by atoms with E-state index in [1.807, 2.05) is 0 Å². The van der Waals surface area contributed by atoms with E-state index in [1.165, 1.54) is 12.3 Å². The van der Waals surface area contributed by atoms with E-state index in [2.05, 4.69) is 26.6 Å². The van der Waals surface area contributed by atoms with E-state index in [9.17, 15) is 0 Å². The number of hydrazone groups is 1. The fourth-order valence-corrected chi connectivity index (χ4v) is 1.08. The molecule has 0 radical (unpaired) electrons. The van der Waals surface area contributed by atoms with Gasteiger partial charge in [0.05, 0.1) is 20.4 Å². The van der Waals surface area contributed by atoms with Crippen LogP contribution in [-0.2, 0) is 9.57 Å². The van der Waals surface area contributed by atoms with Crippen LogP contribution in [0.4, 0.5) is 0 Å². The number of allylic oxidation sites excluding steroid dienone is 1. The van der Waals surface area contributed by atoms with Crippen LogP contribution in [0.2, 0.25) is 0 Å². The van der Waals surface area contributed by atoms with E-state index >= 15 is 0 Å². The Bertz CT molecular complexity index is 204. The number of hydrogen-bond donors (Lipinski definition) is 1. The van der Waals surface area contributed by atoms with Crippen molar-refractivity contribution in [1.82, 2.24) is 10.7 Å². The molecule has 0 saturated carbocycles. The van der Waals surface area contributed by atoms with Gasteiger partial charge < -0.3 is 4.74 Å². The zero-order chi connectivity index (χ0) is 8.27. The highest BCUT2D eigenvalue weighted by Gasteiger charge is 2.14. The molecule has 0 aromatic rings. The molecular formula is C5H8BrN3O2. The van der Waals surface area contributed by atoms with Crippen LogP contribution in [0, 0.1) is 0 Å². The van der Waals surface area contributed by atoms with Gasteiger partial charge in [0.1, 0.15) is 0 Å². The van der Waals surface area contributed by atoms with Gasteiger partial charge in [-0.15, -0.1) is 5.17 Å². The summed E-state index contributed by atoms with van der Waals surface area (Å²) in [6.45, 7) is 0. The first-order valence-electron chi connectivity index (χ1n) is 2.86. The Kier molecular flexibility index (Phi) is 2.72. The zero-order valence-electron chi connectivity index (χ0n) is 6.17. The van der Waals surface area contributed by atoms with Crippen LogP contribution in [0.1, 0.15) is 0 Å². The molecule has 1 aliphatic rings. The third-order valence-corrected chi connectivity index (χ3v) is 1.83. The maximum absolute atomic E-state index is 4.96. The Balaban J connectivity index is 2.78. The summed E-state index contributed by atoms with van der Waals surface area (Å²) >= 11 is 3.24. The molecule has 62 valence electrons. The molecule has 11 heavy (non-hydrogen) atoms. The molecule has 0 atom stereocenters. The quantitative estimate of drug-likeness (QED) is 0.693. The minimum atomic E-state index is 0.602. The number of hydrogen-bond acceptors (Lipinski definition) is 5. The van der Waals surface area contributed by atoms with Crippen molar-refractivity contribution in [3.63, 3.8) is 0 Å². The first-order valence-corrected chi connectivity index (χ1v) is 3.65. The highest BCUT2D eigenvalue weighted by atomic mass is 79.9. The second kappa shape index (κ2) is 3.59. The van der Waals surface area contributed by atoms with Gasteiger partial charge in [0.25, 0.3) is 0 Å². The van der Waals surface area contributed by atoms with Crippen LogP contribution in [0.25, 0.3) is 0 Å². The Morgan fingerprint density at radius 2 is 2.36 bits per heavy atom. The van der Waals surface area contributed by atoms with Crippen LogP contribution in [0.3, 0.4) is 0 Å². The Labute approximate surface area is 72.7 Å². The van der Waals surface area contributed by atoms with E-state index in [-0.39, 0.29) is 0 Å². The van der Waals surface area contributed by atoms with Crippen molar-refractivity contribution in [3.05, 3.63) is 10.4 Å². The Morgan fingerprint density at radius 3 is 2.91 bits per heavy atom. The number of methoxy groups -OCH3 is 1. The van der Waals surface area contributed by atoms with Crippen molar-refractivity contribution in [1.29, 1.82) is 0 Å². The standard InChI is InChI=1S/C5H8BrN3O2/c1-10-4-3-7-8-9(11-2)5(4)6/h3,8H,1-2H3. The normalized spacial score (nSPS) is 16.8. The minimum Gasteiger partial charge on any atom is -0.492 e. The number of rotatable bonds is 2. The highest BCUT2D eigenvalue weighted by molar-refractivity contribution is 9.11. The second-order valence-corrected chi connectivity index (χ2v) is 2.45. The van der Waals surface area contributed by atoms with E-state index < -0.39 is 0 Å². The molecule has 0 amide bonds. The summed E-state index contributed by atoms with van der Waals surface area (Å²) in [6.07, 6.45) is 1.54. The lowest BCUT2D eigenvalue weighted by Crippen LogP contribution is -2.34. The van der Waals surface area contributed by atoms with E-state index in [1.54, 1.807) is 13.3 Å². The predicted octanol–water partition coefficient (Wildman–Crippen LogP) is 0.564. The summed E-state index contributed by atoms with van der Waals surface area (Å²) in [5, 5.41) is 5.08. The number of halogens is 1. The summed E-state index contributed by atoms with van der Waals surface area (Å²) in [5.74, 6) is 0.602. The lowest BCUT2D eigenvalue weighted by Gasteiger charge is -2.23. The minimum absolute atomic E-state index is 0.602. The first-order chi connectivity index (χ1) is 5.29. The van der Waals surface area contributed by atoms with Gasteiger partial charge in [-0.1, -0.05) is 0 Å². The fourth-order valence-electron chi connectivity index (χ4n) is 0.595. The molecule has 0 saturated heterocycles. The highest BCUT2D eigenvalue weighted by Crippen LogP contribution is 2.17. The monoisotopic (exact) mass is 221 g/mol. The summed E-state index contributed by atoms with van der Waals surface area (Å²) in [7, 11) is 3.07. The second-order valence-electron chi connectivity index (χ2n) is 1.69. The van der Waals surface area contributed by atoms with Crippen molar-refractivity contribution in [2.45, 2.75) is 0 Å². The van der Waals surface area contributed by atoms with Gasteiger partial charge in [-0.25, -0.2) is 0 Å². The Morgan fingerprint density at radius 1 is 1.64 bits per heavy atom. The molecule has 0 spiro atoms. The summed E-state index contributed by atoms with van der Waals surface area (Å²) in [5.41, 5.74) is 2.58. The summed E-state index contributed by atoms with van der Waals surface area (Å²) in [4.78, 5) is 4.86. The molecule has 0 unspecified atom stereocenters. The number of hydroxylamine groups is 1. The van der Waals surface area contributed by atoms with E-state index in [0.29, 0.717) is 10.4 Å². The maximum atomic E-state index is 4.96. The average molecular weight is 222 g/mol. The summed E-state index contributed by atoms with van der Waals surface area (Å²) < 4.78 is 5.61. The van der Waals surface area contributed by atoms with Gasteiger partial charge >= 0.3 is 0 Å². The van der Waals surface area contributed by atoms with Crippen LogP contribution in [0.15, 0.2) is 15.5 Å². The first kappa shape index (κ1) is 8.35. The molecule has 6 heteroatoms. The van der Waals surface area contributed by atoms with Crippen molar-refractivity contribution < 1.29 is 9.57 Å². The number of hydrazine groups is 1. The molecule has 0 aliphatic carbocycles. The molecule has 1 heterocycles. The molecule has 1 rings (SSSR count). The number of nitrogens with one attached hydrogen (secondary N) is 1. The molecule has 0 fully saturated rings. The van der Waals surface area contributed by atoms with Crippen molar-refractivity contribution in [2.24, 2.45) is 5.10 Å². The predicted molar refractivity (Wildman–Crippen MR) is 43.4 cm³/mol. The van der Waals surface area contributed by atoms with Crippen molar-refractivity contribution in [2.75, 3.05) is 14.2 Å². The third kappa shape index (κ3) is 1.63. The smallest absolute Gasteiger partial charge is 0.175 e. The zero-order valence-corrected chi connectivity index (χ0v) is 7.75. The third-order valence-electron chi connectivity index (χ3n) is 1.11. The van der Waals surface area contributed by atoms with Crippen LogP contribution >= 0.6 is 15.9 Å². The topological polar surface area (TPSA) is 46.1 Å². The van der Waals surface area contributed by atoms with Gasteiger partial charge in [0.15, 0.2) is 10.4 Å². The van der Waals surface area contributed by atoms with Crippen LogP contribution < -0.4 is 5.53 Å². The lowest BCUT2D eigenvalue weighted by atomic mass is 10.6. The van der Waals surface area contributed by atoms with Crippen molar-refractivity contribution >= 4 is 22.1 Å². The fraction of sp³-hybridized carbons (Fsp3) is 0.400. The Hall–Kier alpha value is -0.750. The van der Waals surface area contributed by atoms with Crippen molar-refractivity contribution in [3.8, 4) is 0 Å². The van der Waals surface area contributed by atoms with Gasteiger partial charge in [-0.05, 0) is 15.9 Å². The molecule has 1 aliphatic heterocycles. The van der Waals surface area contributed by atoms with Crippen LogP contribution in [0.5, 0.6) is 0 Å². The van der Waals surface area contributed by atoms with Crippen LogP contribution in [-0.4, -0.2) is 25.6 Å². The van der Waals surface area contributed by atoms with Gasteiger partial charge in [0, 0.05) is 0 Å². The summed E-state index contributed by atoms with van der Waals surface area (Å²) in [6, 6.07) is 0. The maximum Gasteiger partial charge on any atom is 0.175 e. The molecule has 0 aromatic carbocycles. The number of ether oxygens (including phenoxy) is 1. The molecular weight excluding hydrogens is 214 g/mol. The molecule has 5 nitrogen and oxygen atoms in total. The largest absolute Gasteiger partial charge is 0.492 e. The molecule has 0 aromatic heterocycles. The lowest BCUT2D eigenvalue weighted by molar-refractivity contribution is -0.135. The van der Waals surface area contributed by atoms with Gasteiger partial charge in [0.2, 0.25) is 0 Å². The van der Waals surface area contributed by atoms with E-state index in [0.717, 1.165) is 0 Å². The molecule has 1 N–H and O–H groups in total.